The molecule has 1 amide bonds. The fourth-order valence-corrected chi connectivity index (χ4v) is 3.61. The van der Waals surface area contributed by atoms with Gasteiger partial charge in [0.15, 0.2) is 0 Å². The molecule has 3 rings (SSSR count). The number of aromatic nitrogens is 2. The van der Waals surface area contributed by atoms with E-state index >= 15 is 0 Å². The number of imidazole rings is 1. The number of benzene rings is 2. The van der Waals surface area contributed by atoms with E-state index in [4.69, 9.17) is 11.6 Å². The van der Waals surface area contributed by atoms with Crippen molar-refractivity contribution in [3.05, 3.63) is 89.0 Å². The highest BCUT2D eigenvalue weighted by Gasteiger charge is 2.06. The maximum atomic E-state index is 12.1. The molecule has 0 radical (unpaired) electrons. The molecule has 0 aliphatic carbocycles. The van der Waals surface area contributed by atoms with E-state index in [0.717, 1.165) is 28.4 Å². The minimum atomic E-state index is 0.0365. The zero-order valence-electron chi connectivity index (χ0n) is 14.3. The molecule has 0 unspecified atom stereocenters. The third-order valence-electron chi connectivity index (χ3n) is 3.90. The molecule has 0 saturated carbocycles. The molecular formula is C20H20ClN3OS. The van der Waals surface area contributed by atoms with Crippen LogP contribution in [0.2, 0.25) is 5.02 Å². The van der Waals surface area contributed by atoms with Crippen LogP contribution in [0.3, 0.4) is 0 Å². The van der Waals surface area contributed by atoms with Crippen LogP contribution in [0.25, 0.3) is 0 Å². The number of hydrogen-bond acceptors (Lipinski definition) is 3. The largest absolute Gasteiger partial charge is 0.351 e. The fourth-order valence-electron chi connectivity index (χ4n) is 2.59. The quantitative estimate of drug-likeness (QED) is 0.634. The normalized spacial score (nSPS) is 10.7. The van der Waals surface area contributed by atoms with Crippen LogP contribution < -0.4 is 5.32 Å². The van der Waals surface area contributed by atoms with E-state index in [1.165, 1.54) is 5.56 Å². The van der Waals surface area contributed by atoms with Crippen LogP contribution in [0, 0.1) is 0 Å². The van der Waals surface area contributed by atoms with Crippen molar-refractivity contribution in [3.63, 3.8) is 0 Å². The zero-order valence-corrected chi connectivity index (χ0v) is 15.8. The van der Waals surface area contributed by atoms with Crippen LogP contribution in [0.15, 0.2) is 67.3 Å². The number of nitrogens with one attached hydrogen (secondary N) is 1. The number of carbonyl (C=O) groups excluding carboxylic acids is 1. The molecule has 0 saturated heterocycles. The minimum Gasteiger partial charge on any atom is -0.351 e. The predicted octanol–water partition coefficient (Wildman–Crippen LogP) is 4.13. The molecule has 0 spiro atoms. The van der Waals surface area contributed by atoms with Crippen molar-refractivity contribution in [2.24, 2.45) is 0 Å². The molecular weight excluding hydrogens is 366 g/mol. The van der Waals surface area contributed by atoms with Gasteiger partial charge < -0.3 is 9.88 Å². The van der Waals surface area contributed by atoms with E-state index in [9.17, 15) is 4.79 Å². The van der Waals surface area contributed by atoms with E-state index in [2.05, 4.69) is 16.4 Å². The number of thioether (sulfide) groups is 1. The van der Waals surface area contributed by atoms with Gasteiger partial charge >= 0.3 is 0 Å². The fraction of sp³-hybridized carbons (Fsp3) is 0.200. The molecule has 0 aliphatic rings. The van der Waals surface area contributed by atoms with Gasteiger partial charge in [0.1, 0.15) is 0 Å². The predicted molar refractivity (Wildman–Crippen MR) is 107 cm³/mol. The van der Waals surface area contributed by atoms with Gasteiger partial charge in [0.25, 0.3) is 0 Å². The summed E-state index contributed by atoms with van der Waals surface area (Å²) < 4.78 is 2.02. The lowest BCUT2D eigenvalue weighted by atomic mass is 10.1. The third-order valence-corrected chi connectivity index (χ3v) is 5.14. The first-order valence-corrected chi connectivity index (χ1v) is 9.85. The Hall–Kier alpha value is -2.24. The molecule has 1 heterocycles. The Labute approximate surface area is 162 Å². The zero-order chi connectivity index (χ0) is 18.2. The highest BCUT2D eigenvalue weighted by Crippen LogP contribution is 2.16. The Morgan fingerprint density at radius 2 is 2.00 bits per heavy atom. The van der Waals surface area contributed by atoms with Crippen molar-refractivity contribution >= 4 is 29.3 Å². The van der Waals surface area contributed by atoms with Crippen LogP contribution in [0.1, 0.15) is 16.7 Å². The minimum absolute atomic E-state index is 0.0365. The lowest BCUT2D eigenvalue weighted by Gasteiger charge is -2.11. The molecule has 0 fully saturated rings. The average molecular weight is 386 g/mol. The first kappa shape index (κ1) is 18.5. The summed E-state index contributed by atoms with van der Waals surface area (Å²) in [6, 6.07) is 15.9. The lowest BCUT2D eigenvalue weighted by molar-refractivity contribution is -0.118. The van der Waals surface area contributed by atoms with E-state index in [-0.39, 0.29) is 5.91 Å². The highest BCUT2D eigenvalue weighted by molar-refractivity contribution is 7.99. The topological polar surface area (TPSA) is 46.9 Å². The van der Waals surface area contributed by atoms with E-state index < -0.39 is 0 Å². The molecule has 1 aromatic heterocycles. The van der Waals surface area contributed by atoms with Gasteiger partial charge in [0.05, 0.1) is 12.1 Å². The van der Waals surface area contributed by atoms with Crippen molar-refractivity contribution in [2.75, 3.05) is 5.75 Å². The summed E-state index contributed by atoms with van der Waals surface area (Å²) in [5.41, 5.74) is 3.42. The van der Waals surface area contributed by atoms with Crippen LogP contribution >= 0.6 is 23.4 Å². The third kappa shape index (κ3) is 5.64. The molecule has 0 atom stereocenters. The van der Waals surface area contributed by atoms with Crippen LogP contribution in [-0.2, 0) is 23.6 Å². The average Bonchev–Trinajstić information content (AvgIpc) is 3.14. The summed E-state index contributed by atoms with van der Waals surface area (Å²) in [6.45, 7) is 1.27. The van der Waals surface area contributed by atoms with Crippen molar-refractivity contribution < 1.29 is 4.79 Å². The molecule has 0 aliphatic heterocycles. The van der Waals surface area contributed by atoms with Crippen molar-refractivity contribution in [1.82, 2.24) is 14.9 Å². The summed E-state index contributed by atoms with van der Waals surface area (Å²) in [6.07, 6.45) is 5.49. The maximum absolute atomic E-state index is 12.1. The second-order valence-corrected chi connectivity index (χ2v) is 7.33. The van der Waals surface area contributed by atoms with Gasteiger partial charge in [-0.15, -0.1) is 11.8 Å². The second kappa shape index (κ2) is 9.46. The SMILES string of the molecule is O=C(CSCc1cccc(Cl)c1)NCc1ccccc1Cn1ccnc1. The Balaban J connectivity index is 1.47. The van der Waals surface area contributed by atoms with Crippen LogP contribution in [-0.4, -0.2) is 21.2 Å². The number of amides is 1. The van der Waals surface area contributed by atoms with Gasteiger partial charge in [-0.3, -0.25) is 4.79 Å². The first-order valence-electron chi connectivity index (χ1n) is 8.32. The van der Waals surface area contributed by atoms with E-state index in [0.29, 0.717) is 12.3 Å². The summed E-state index contributed by atoms with van der Waals surface area (Å²) in [5.74, 6) is 1.23. The number of carbonyl (C=O) groups is 1. The smallest absolute Gasteiger partial charge is 0.230 e. The van der Waals surface area contributed by atoms with E-state index in [1.54, 1.807) is 24.3 Å². The Morgan fingerprint density at radius 1 is 1.15 bits per heavy atom. The number of nitrogens with zero attached hydrogens (tertiary/aromatic N) is 2. The lowest BCUT2D eigenvalue weighted by Crippen LogP contribution is -2.25. The summed E-state index contributed by atoms with van der Waals surface area (Å²) in [5, 5.41) is 3.73. The Kier molecular flexibility index (Phi) is 6.75. The number of rotatable bonds is 8. The van der Waals surface area contributed by atoms with Gasteiger partial charge in [-0.2, -0.15) is 0 Å². The maximum Gasteiger partial charge on any atom is 0.230 e. The van der Waals surface area contributed by atoms with Crippen molar-refractivity contribution in [2.45, 2.75) is 18.8 Å². The standard InChI is InChI=1S/C20H20ClN3OS/c21-19-7-3-4-16(10-19)13-26-14-20(25)23-11-17-5-1-2-6-18(17)12-24-9-8-22-15-24/h1-10,15H,11-14H2,(H,23,25). The van der Waals surface area contributed by atoms with Crippen molar-refractivity contribution in [3.8, 4) is 0 Å². The number of halogens is 1. The first-order chi connectivity index (χ1) is 12.7. The molecule has 2 aromatic carbocycles. The molecule has 0 bridgehead atoms. The van der Waals surface area contributed by atoms with Crippen LogP contribution in [0.4, 0.5) is 0 Å². The van der Waals surface area contributed by atoms with Gasteiger partial charge in [-0.1, -0.05) is 48.0 Å². The van der Waals surface area contributed by atoms with Crippen molar-refractivity contribution in [1.29, 1.82) is 0 Å². The summed E-state index contributed by atoms with van der Waals surface area (Å²) >= 11 is 7.56. The molecule has 1 N–H and O–H groups in total. The van der Waals surface area contributed by atoms with Gasteiger partial charge in [-0.25, -0.2) is 4.98 Å². The molecule has 3 aromatic rings. The molecule has 6 heteroatoms. The summed E-state index contributed by atoms with van der Waals surface area (Å²) in [7, 11) is 0. The van der Waals surface area contributed by atoms with Gasteiger partial charge in [0, 0.05) is 36.3 Å². The van der Waals surface area contributed by atoms with E-state index in [1.807, 2.05) is 53.2 Å². The monoisotopic (exact) mass is 385 g/mol. The molecule has 26 heavy (non-hydrogen) atoms. The van der Waals surface area contributed by atoms with Crippen LogP contribution in [0.5, 0.6) is 0 Å². The number of hydrogen-bond donors (Lipinski definition) is 1. The van der Waals surface area contributed by atoms with Gasteiger partial charge in [-0.05, 0) is 28.8 Å². The molecule has 4 nitrogen and oxygen atoms in total. The Morgan fingerprint density at radius 3 is 2.77 bits per heavy atom. The van der Waals surface area contributed by atoms with Gasteiger partial charge in [0.2, 0.25) is 5.91 Å². The molecule has 134 valence electrons. The summed E-state index contributed by atoms with van der Waals surface area (Å²) in [4.78, 5) is 16.2. The second-order valence-electron chi connectivity index (χ2n) is 5.90. The Bertz CT molecular complexity index is 852. The highest BCUT2D eigenvalue weighted by atomic mass is 35.5.